The number of hydrogen-bond donors (Lipinski definition) is 1. The van der Waals surface area contributed by atoms with Gasteiger partial charge in [-0.1, -0.05) is 6.07 Å². The highest BCUT2D eigenvalue weighted by atomic mass is 32.2. The first-order valence-electron chi connectivity index (χ1n) is 7.57. The zero-order valence-electron chi connectivity index (χ0n) is 13.8. The van der Waals surface area contributed by atoms with Crippen LogP contribution in [0, 0.1) is 0 Å². The maximum absolute atomic E-state index is 12.3. The van der Waals surface area contributed by atoms with E-state index in [1.165, 1.54) is 12.1 Å². The summed E-state index contributed by atoms with van der Waals surface area (Å²) in [7, 11) is -3.36. The molecule has 0 radical (unpaired) electrons. The first-order chi connectivity index (χ1) is 11.6. The van der Waals surface area contributed by atoms with Crippen molar-refractivity contribution in [3.8, 4) is 0 Å². The third-order valence-electron chi connectivity index (χ3n) is 4.24. The van der Waals surface area contributed by atoms with Crippen molar-refractivity contribution in [1.29, 1.82) is 0 Å². The van der Waals surface area contributed by atoms with Crippen molar-refractivity contribution < 1.29 is 22.0 Å². The van der Waals surface area contributed by atoms with Crippen LogP contribution in [-0.4, -0.2) is 40.7 Å². The van der Waals surface area contributed by atoms with Crippen molar-refractivity contribution in [2.75, 3.05) is 12.0 Å². The molecular weight excluding hydrogens is 362 g/mol. The molecule has 0 amide bonds. The maximum atomic E-state index is 12.3. The minimum Gasteiger partial charge on any atom is -0.306 e. The number of benzene rings is 1. The number of hydrogen-bond acceptors (Lipinski definition) is 5. The highest BCUT2D eigenvalue weighted by Crippen LogP contribution is 2.33. The van der Waals surface area contributed by atoms with Gasteiger partial charge in [0.25, 0.3) is 0 Å². The fourth-order valence-electron chi connectivity index (χ4n) is 2.97. The van der Waals surface area contributed by atoms with Crippen LogP contribution in [0.2, 0.25) is 0 Å². The van der Waals surface area contributed by atoms with Gasteiger partial charge in [-0.2, -0.15) is 0 Å². The van der Waals surface area contributed by atoms with Gasteiger partial charge in [0.15, 0.2) is 26.7 Å². The average Bonchev–Trinajstić information content (AvgIpc) is 2.98. The lowest BCUT2D eigenvalue weighted by Gasteiger charge is -2.04. The summed E-state index contributed by atoms with van der Waals surface area (Å²) in [6.07, 6.45) is 3.53. The first-order valence-corrected chi connectivity index (χ1v) is 10.7. The van der Waals surface area contributed by atoms with E-state index in [1.54, 1.807) is 12.1 Å². The maximum Gasteiger partial charge on any atom is 0.175 e. The van der Waals surface area contributed by atoms with E-state index in [9.17, 15) is 17.4 Å². The van der Waals surface area contributed by atoms with Gasteiger partial charge in [-0.05, 0) is 41.8 Å². The van der Waals surface area contributed by atoms with E-state index in [0.29, 0.717) is 29.0 Å². The Morgan fingerprint density at radius 2 is 2.04 bits per heavy atom. The molecule has 6 nitrogen and oxygen atoms in total. The van der Waals surface area contributed by atoms with Gasteiger partial charge in [0.05, 0.1) is 16.3 Å². The largest absolute Gasteiger partial charge is 0.306 e. The second kappa shape index (κ2) is 6.44. The summed E-state index contributed by atoms with van der Waals surface area (Å²) in [6.45, 7) is 1.84. The molecule has 25 heavy (non-hydrogen) atoms. The van der Waals surface area contributed by atoms with Gasteiger partial charge >= 0.3 is 0 Å². The van der Waals surface area contributed by atoms with Crippen LogP contribution >= 0.6 is 0 Å². The van der Waals surface area contributed by atoms with Crippen LogP contribution in [0.3, 0.4) is 0 Å². The zero-order chi connectivity index (χ0) is 18.4. The van der Waals surface area contributed by atoms with Gasteiger partial charge in [0.2, 0.25) is 0 Å². The molecule has 1 heterocycles. The molecule has 1 unspecified atom stereocenters. The summed E-state index contributed by atoms with van der Waals surface area (Å²) in [5, 5.41) is 0. The molecule has 0 spiro atoms. The smallest absolute Gasteiger partial charge is 0.175 e. The molecule has 1 aromatic rings. The fourth-order valence-corrected chi connectivity index (χ4v) is 4.16. The number of fused-ring (bicyclic) bond motifs is 1. The Kier molecular flexibility index (Phi) is 4.61. The second-order valence-corrected chi connectivity index (χ2v) is 9.17. The Labute approximate surface area is 148 Å². The van der Waals surface area contributed by atoms with E-state index in [2.05, 4.69) is 4.99 Å². The monoisotopic (exact) mass is 379 g/mol. The molecular formula is C17H17NO5S2. The van der Waals surface area contributed by atoms with E-state index in [1.807, 2.05) is 6.92 Å². The molecule has 1 aliphatic carbocycles. The molecule has 1 N–H and O–H groups in total. The van der Waals surface area contributed by atoms with Crippen LogP contribution in [0.1, 0.15) is 24.5 Å². The van der Waals surface area contributed by atoms with Crippen LogP contribution in [0.15, 0.2) is 45.4 Å². The predicted molar refractivity (Wildman–Crippen MR) is 96.6 cm³/mol. The number of carbonyl (C=O) groups excluding carboxylic acids is 1. The molecule has 3 rings (SSSR count). The minimum absolute atomic E-state index is 0.0404. The van der Waals surface area contributed by atoms with Crippen LogP contribution in [-0.2, 0) is 32.1 Å². The lowest BCUT2D eigenvalue weighted by Crippen LogP contribution is -2.00. The molecule has 0 saturated carbocycles. The molecule has 1 aromatic carbocycles. The highest BCUT2D eigenvalue weighted by molar-refractivity contribution is 7.90. The normalized spacial score (nSPS) is 20.2. The van der Waals surface area contributed by atoms with Crippen molar-refractivity contribution in [1.82, 2.24) is 0 Å². The molecule has 132 valence electrons. The third-order valence-corrected chi connectivity index (χ3v) is 5.87. The van der Waals surface area contributed by atoms with Gasteiger partial charge in [0, 0.05) is 30.4 Å². The predicted octanol–water partition coefficient (Wildman–Crippen LogP) is 1.94. The Hall–Kier alpha value is -1.90. The SMILES string of the molecule is CC1=C(CS(=O)O)N=C(/C=C2\C(=O)Cc3ccc(S(C)(=O)=O)cc32)C1. The van der Waals surface area contributed by atoms with Crippen molar-refractivity contribution >= 4 is 38.0 Å². The quantitative estimate of drug-likeness (QED) is 0.636. The van der Waals surface area contributed by atoms with Crippen molar-refractivity contribution in [3.05, 3.63) is 46.7 Å². The minimum atomic E-state index is -3.36. The van der Waals surface area contributed by atoms with Crippen LogP contribution < -0.4 is 0 Å². The molecule has 0 aromatic heterocycles. The summed E-state index contributed by atoms with van der Waals surface area (Å²) in [4.78, 5) is 16.9. The van der Waals surface area contributed by atoms with E-state index in [-0.39, 0.29) is 22.9 Å². The van der Waals surface area contributed by atoms with Crippen molar-refractivity contribution in [2.24, 2.45) is 4.99 Å². The Morgan fingerprint density at radius 3 is 2.68 bits per heavy atom. The number of Topliss-reactive ketones (excluding diaryl/α,β-unsaturated/α-hetero) is 1. The van der Waals surface area contributed by atoms with E-state index in [0.717, 1.165) is 17.4 Å². The molecule has 0 fully saturated rings. The topological polar surface area (TPSA) is 101 Å². The number of allylic oxidation sites excluding steroid dienone is 3. The summed E-state index contributed by atoms with van der Waals surface area (Å²) in [5.74, 6) is -0.124. The number of aliphatic imine (C=N–C) groups is 1. The molecule has 0 bridgehead atoms. The molecule has 0 saturated heterocycles. The van der Waals surface area contributed by atoms with Crippen LogP contribution in [0.5, 0.6) is 0 Å². The summed E-state index contributed by atoms with van der Waals surface area (Å²) in [5.41, 5.74) is 3.95. The lowest BCUT2D eigenvalue weighted by atomic mass is 10.0. The zero-order valence-corrected chi connectivity index (χ0v) is 15.4. The van der Waals surface area contributed by atoms with Crippen molar-refractivity contribution in [3.63, 3.8) is 0 Å². The summed E-state index contributed by atoms with van der Waals surface area (Å²) >= 11 is -1.97. The van der Waals surface area contributed by atoms with Gasteiger partial charge < -0.3 is 4.55 Å². The van der Waals surface area contributed by atoms with E-state index >= 15 is 0 Å². The summed E-state index contributed by atoms with van der Waals surface area (Å²) < 4.78 is 43.5. The molecule has 1 aliphatic heterocycles. The van der Waals surface area contributed by atoms with E-state index in [4.69, 9.17) is 4.55 Å². The Bertz CT molecular complexity index is 1000. The third kappa shape index (κ3) is 3.70. The fraction of sp³-hybridized carbons (Fsp3) is 0.294. The molecule has 2 aliphatic rings. The van der Waals surface area contributed by atoms with E-state index < -0.39 is 20.9 Å². The Balaban J connectivity index is 1.99. The van der Waals surface area contributed by atoms with Gasteiger partial charge in [-0.15, -0.1) is 0 Å². The summed E-state index contributed by atoms with van der Waals surface area (Å²) in [6, 6.07) is 4.71. The lowest BCUT2D eigenvalue weighted by molar-refractivity contribution is -0.112. The van der Waals surface area contributed by atoms with Crippen molar-refractivity contribution in [2.45, 2.75) is 24.7 Å². The number of rotatable bonds is 4. The van der Waals surface area contributed by atoms with Crippen LogP contribution in [0.4, 0.5) is 0 Å². The number of ketones is 1. The van der Waals surface area contributed by atoms with Crippen LogP contribution in [0.25, 0.3) is 5.57 Å². The molecule has 1 atom stereocenters. The highest BCUT2D eigenvalue weighted by Gasteiger charge is 2.27. The number of carbonyl (C=O) groups is 1. The number of sulfone groups is 1. The van der Waals surface area contributed by atoms with Gasteiger partial charge in [-0.25, -0.2) is 12.6 Å². The first kappa shape index (κ1) is 17.9. The number of nitrogens with zero attached hydrogens (tertiary/aromatic N) is 1. The van der Waals surface area contributed by atoms with Gasteiger partial charge in [0.1, 0.15) is 0 Å². The van der Waals surface area contributed by atoms with Gasteiger partial charge in [-0.3, -0.25) is 9.79 Å². The second-order valence-electron chi connectivity index (χ2n) is 6.22. The molecule has 8 heteroatoms. The standard InChI is InChI=1S/C17H17NO5S2/c1-10-5-12(18-16(10)9-24(20)21)7-15-14-8-13(25(2,22)23)4-3-11(14)6-17(15)19/h3-4,7-8H,5-6,9H2,1-2H3,(H,20,21)/b15-7-. The average molecular weight is 379 g/mol. The Morgan fingerprint density at radius 1 is 1.32 bits per heavy atom.